The van der Waals surface area contributed by atoms with Crippen LogP contribution >= 0.6 is 11.3 Å². The normalized spacial score (nSPS) is 19.5. The highest BCUT2D eigenvalue weighted by atomic mass is 32.1. The van der Waals surface area contributed by atoms with Gasteiger partial charge >= 0.3 is 0 Å². The molecule has 7 heteroatoms. The lowest BCUT2D eigenvalue weighted by atomic mass is 10.1. The van der Waals surface area contributed by atoms with Crippen LogP contribution in [0.15, 0.2) is 41.5 Å². The second kappa shape index (κ2) is 7.78. The van der Waals surface area contributed by atoms with Gasteiger partial charge in [-0.05, 0) is 43.5 Å². The standard InChI is InChI=1S/C19H21N3O3S/c23-19(17-13-24-15-6-2-3-7-16(15)25-17)21-20-12-14-8-9-18(26-14)22-10-4-1-5-11-22/h2-3,6-9,12,17H,1,4-5,10-11,13H2,(H,21,23)/b20-12-/t17-/m1/s1. The quantitative estimate of drug-likeness (QED) is 0.663. The fourth-order valence-electron chi connectivity index (χ4n) is 3.08. The largest absolute Gasteiger partial charge is 0.485 e. The van der Waals surface area contributed by atoms with E-state index in [9.17, 15) is 4.79 Å². The predicted octanol–water partition coefficient (Wildman–Crippen LogP) is 3.03. The smallest absolute Gasteiger partial charge is 0.284 e. The molecule has 3 heterocycles. The molecule has 0 unspecified atom stereocenters. The lowest BCUT2D eigenvalue weighted by Gasteiger charge is -2.27. The van der Waals surface area contributed by atoms with Crippen molar-refractivity contribution in [2.75, 3.05) is 24.6 Å². The molecule has 2 aromatic rings. The Morgan fingerprint density at radius 3 is 2.81 bits per heavy atom. The van der Waals surface area contributed by atoms with E-state index in [0.717, 1.165) is 18.0 Å². The Balaban J connectivity index is 1.31. The maximum atomic E-state index is 12.2. The van der Waals surface area contributed by atoms with E-state index in [1.807, 2.05) is 24.3 Å². The third kappa shape index (κ3) is 3.83. The van der Waals surface area contributed by atoms with Crippen LogP contribution in [0.25, 0.3) is 0 Å². The molecule has 6 nitrogen and oxygen atoms in total. The number of hydrogen-bond acceptors (Lipinski definition) is 6. The van der Waals surface area contributed by atoms with Gasteiger partial charge in [0.15, 0.2) is 11.5 Å². The SMILES string of the molecule is O=C(N/N=C\c1ccc(N2CCCCC2)s1)[C@H]1COc2ccccc2O1. The molecule has 0 spiro atoms. The number of amides is 1. The zero-order chi connectivity index (χ0) is 17.8. The van der Waals surface area contributed by atoms with E-state index >= 15 is 0 Å². The molecule has 26 heavy (non-hydrogen) atoms. The average Bonchev–Trinajstić information content (AvgIpc) is 3.17. The second-order valence-corrected chi connectivity index (χ2v) is 7.42. The van der Waals surface area contributed by atoms with E-state index in [0.29, 0.717) is 11.5 Å². The summed E-state index contributed by atoms with van der Waals surface area (Å²) < 4.78 is 11.2. The Morgan fingerprint density at radius 2 is 1.96 bits per heavy atom. The van der Waals surface area contributed by atoms with Gasteiger partial charge in [0, 0.05) is 18.0 Å². The van der Waals surface area contributed by atoms with Crippen molar-refractivity contribution in [2.24, 2.45) is 5.10 Å². The van der Waals surface area contributed by atoms with Crippen LogP contribution in [-0.4, -0.2) is 37.9 Å². The molecule has 1 N–H and O–H groups in total. The van der Waals surface area contributed by atoms with Gasteiger partial charge in [0.1, 0.15) is 6.61 Å². The molecule has 136 valence electrons. The molecular formula is C19H21N3O3S. The van der Waals surface area contributed by atoms with E-state index in [1.165, 1.54) is 24.3 Å². The molecule has 1 fully saturated rings. The Labute approximate surface area is 156 Å². The summed E-state index contributed by atoms with van der Waals surface area (Å²) in [7, 11) is 0. The van der Waals surface area contributed by atoms with E-state index in [-0.39, 0.29) is 12.5 Å². The number of benzene rings is 1. The number of carbonyl (C=O) groups excluding carboxylic acids is 1. The van der Waals surface area contributed by atoms with E-state index in [4.69, 9.17) is 9.47 Å². The van der Waals surface area contributed by atoms with Crippen LogP contribution < -0.4 is 19.8 Å². The van der Waals surface area contributed by atoms with Crippen molar-refractivity contribution in [1.29, 1.82) is 0 Å². The zero-order valence-electron chi connectivity index (χ0n) is 14.4. The summed E-state index contributed by atoms with van der Waals surface area (Å²) in [6.45, 7) is 2.42. The summed E-state index contributed by atoms with van der Waals surface area (Å²) in [6.07, 6.45) is 4.80. The summed E-state index contributed by atoms with van der Waals surface area (Å²) in [6, 6.07) is 11.5. The molecule has 0 bridgehead atoms. The molecular weight excluding hydrogens is 350 g/mol. The first-order chi connectivity index (χ1) is 12.8. The summed E-state index contributed by atoms with van der Waals surface area (Å²) in [5, 5.41) is 5.33. The fourth-order valence-corrected chi connectivity index (χ4v) is 4.01. The fraction of sp³-hybridized carbons (Fsp3) is 0.368. The molecule has 1 amide bonds. The number of ether oxygens (including phenoxy) is 2. The Bertz CT molecular complexity index is 799. The van der Waals surface area contributed by atoms with Gasteiger partial charge in [0.2, 0.25) is 6.10 Å². The lowest BCUT2D eigenvalue weighted by Crippen LogP contribution is -2.42. The van der Waals surface area contributed by atoms with Crippen LogP contribution in [0.4, 0.5) is 5.00 Å². The van der Waals surface area contributed by atoms with Crippen molar-refractivity contribution in [3.8, 4) is 11.5 Å². The molecule has 4 rings (SSSR count). The molecule has 2 aliphatic rings. The van der Waals surface area contributed by atoms with E-state index in [2.05, 4.69) is 21.5 Å². The van der Waals surface area contributed by atoms with Gasteiger partial charge in [-0.2, -0.15) is 5.10 Å². The molecule has 0 saturated carbocycles. The number of para-hydroxylation sites is 2. The minimum absolute atomic E-state index is 0.177. The van der Waals surface area contributed by atoms with Gasteiger partial charge in [-0.1, -0.05) is 12.1 Å². The number of hydrazone groups is 1. The van der Waals surface area contributed by atoms with Gasteiger partial charge in [0.25, 0.3) is 5.91 Å². The van der Waals surface area contributed by atoms with E-state index < -0.39 is 6.10 Å². The number of piperidine rings is 1. The lowest BCUT2D eigenvalue weighted by molar-refractivity contribution is -0.130. The topological polar surface area (TPSA) is 63.2 Å². The maximum absolute atomic E-state index is 12.2. The molecule has 0 radical (unpaired) electrons. The molecule has 0 aliphatic carbocycles. The summed E-state index contributed by atoms with van der Waals surface area (Å²) in [5.41, 5.74) is 2.54. The van der Waals surface area contributed by atoms with Crippen molar-refractivity contribution in [1.82, 2.24) is 5.43 Å². The molecule has 1 aromatic heterocycles. The second-order valence-electron chi connectivity index (χ2n) is 6.32. The summed E-state index contributed by atoms with van der Waals surface area (Å²) in [5.74, 6) is 0.916. The van der Waals surface area contributed by atoms with Gasteiger partial charge in [-0.25, -0.2) is 5.43 Å². The average molecular weight is 371 g/mol. The molecule has 2 aliphatic heterocycles. The first-order valence-corrected chi connectivity index (χ1v) is 9.67. The number of carbonyl (C=O) groups is 1. The van der Waals surface area contributed by atoms with Crippen molar-refractivity contribution in [3.05, 3.63) is 41.3 Å². The van der Waals surface area contributed by atoms with Gasteiger partial charge in [0.05, 0.1) is 11.2 Å². The Morgan fingerprint density at radius 1 is 1.15 bits per heavy atom. The van der Waals surface area contributed by atoms with Crippen LogP contribution in [0.1, 0.15) is 24.1 Å². The van der Waals surface area contributed by atoms with Crippen molar-refractivity contribution in [3.63, 3.8) is 0 Å². The third-order valence-electron chi connectivity index (χ3n) is 4.45. The maximum Gasteiger partial charge on any atom is 0.284 e. The molecule has 1 saturated heterocycles. The van der Waals surface area contributed by atoms with Crippen LogP contribution in [0.3, 0.4) is 0 Å². The van der Waals surface area contributed by atoms with Gasteiger partial charge < -0.3 is 14.4 Å². The summed E-state index contributed by atoms with van der Waals surface area (Å²) in [4.78, 5) is 15.6. The highest BCUT2D eigenvalue weighted by Crippen LogP contribution is 2.31. The third-order valence-corrected chi connectivity index (χ3v) is 5.53. The number of nitrogens with one attached hydrogen (secondary N) is 1. The van der Waals surface area contributed by atoms with Crippen LogP contribution in [0.2, 0.25) is 0 Å². The van der Waals surface area contributed by atoms with Crippen LogP contribution in [0.5, 0.6) is 11.5 Å². The van der Waals surface area contributed by atoms with E-state index in [1.54, 1.807) is 23.6 Å². The monoisotopic (exact) mass is 371 g/mol. The number of hydrogen-bond donors (Lipinski definition) is 1. The predicted molar refractivity (Wildman–Crippen MR) is 102 cm³/mol. The van der Waals surface area contributed by atoms with Crippen LogP contribution in [0, 0.1) is 0 Å². The number of fused-ring (bicyclic) bond motifs is 1. The Hall–Kier alpha value is -2.54. The van der Waals surface area contributed by atoms with Gasteiger partial charge in [-0.3, -0.25) is 4.79 Å². The molecule has 1 atom stereocenters. The first-order valence-electron chi connectivity index (χ1n) is 8.86. The van der Waals surface area contributed by atoms with Crippen molar-refractivity contribution >= 4 is 28.5 Å². The number of rotatable bonds is 4. The number of anilines is 1. The highest BCUT2D eigenvalue weighted by molar-refractivity contribution is 7.17. The Kier molecular flexibility index (Phi) is 5.06. The highest BCUT2D eigenvalue weighted by Gasteiger charge is 2.27. The minimum Gasteiger partial charge on any atom is -0.485 e. The number of nitrogens with zero attached hydrogens (tertiary/aromatic N) is 2. The molecule has 1 aromatic carbocycles. The zero-order valence-corrected chi connectivity index (χ0v) is 15.2. The van der Waals surface area contributed by atoms with Gasteiger partial charge in [-0.15, -0.1) is 11.3 Å². The summed E-state index contributed by atoms with van der Waals surface area (Å²) >= 11 is 1.69. The number of thiophene rings is 1. The minimum atomic E-state index is -0.700. The first kappa shape index (κ1) is 16.9. The van der Waals surface area contributed by atoms with Crippen LogP contribution in [-0.2, 0) is 4.79 Å². The van der Waals surface area contributed by atoms with Crippen molar-refractivity contribution in [2.45, 2.75) is 25.4 Å². The van der Waals surface area contributed by atoms with Crippen molar-refractivity contribution < 1.29 is 14.3 Å².